The largest absolute Gasteiger partial charge is 0.508 e. The Bertz CT molecular complexity index is 1060. The third kappa shape index (κ3) is 2.70. The second-order valence-electron chi connectivity index (χ2n) is 7.87. The second kappa shape index (κ2) is 6.85. The molecule has 146 valence electrons. The van der Waals surface area contributed by atoms with E-state index in [1.165, 1.54) is 41.3 Å². The van der Waals surface area contributed by atoms with Gasteiger partial charge in [0.2, 0.25) is 0 Å². The molecule has 0 aliphatic carbocycles. The van der Waals surface area contributed by atoms with Gasteiger partial charge in [-0.25, -0.2) is 0 Å². The van der Waals surface area contributed by atoms with Crippen molar-refractivity contribution in [2.45, 2.75) is 45.7 Å². The van der Waals surface area contributed by atoms with Crippen LogP contribution < -0.4 is 9.47 Å². The summed E-state index contributed by atoms with van der Waals surface area (Å²) in [6, 6.07) is 10.7. The van der Waals surface area contributed by atoms with E-state index in [9.17, 15) is 5.11 Å². The number of nitrogens with zero attached hydrogens (tertiary/aromatic N) is 1. The predicted octanol–water partition coefficient (Wildman–Crippen LogP) is 5.02. The Labute approximate surface area is 165 Å². The molecule has 3 aromatic rings. The predicted molar refractivity (Wildman–Crippen MR) is 113 cm³/mol. The van der Waals surface area contributed by atoms with Crippen LogP contribution in [-0.2, 0) is 13.0 Å². The Kier molecular flexibility index (Phi) is 4.31. The molecule has 1 fully saturated rings. The van der Waals surface area contributed by atoms with E-state index in [2.05, 4.69) is 23.1 Å². The highest BCUT2D eigenvalue weighted by Gasteiger charge is 2.32. The van der Waals surface area contributed by atoms with E-state index in [4.69, 9.17) is 9.47 Å². The van der Waals surface area contributed by atoms with E-state index in [1.807, 2.05) is 26.0 Å². The van der Waals surface area contributed by atoms with E-state index in [1.54, 1.807) is 0 Å². The van der Waals surface area contributed by atoms with Crippen molar-refractivity contribution in [2.75, 3.05) is 19.8 Å². The number of aromatic hydroxyl groups is 1. The number of hydrogen-bond donors (Lipinski definition) is 1. The van der Waals surface area contributed by atoms with Crippen LogP contribution in [0.25, 0.3) is 21.5 Å². The van der Waals surface area contributed by atoms with Gasteiger partial charge < -0.3 is 14.6 Å². The van der Waals surface area contributed by atoms with E-state index in [0.717, 1.165) is 35.2 Å². The van der Waals surface area contributed by atoms with Gasteiger partial charge in [0.1, 0.15) is 5.75 Å². The molecule has 0 amide bonds. The molecule has 1 N–H and O–H groups in total. The summed E-state index contributed by atoms with van der Waals surface area (Å²) in [6.45, 7) is 7.37. The van der Waals surface area contributed by atoms with Gasteiger partial charge in [0.25, 0.3) is 0 Å². The van der Waals surface area contributed by atoms with Crippen molar-refractivity contribution in [3.63, 3.8) is 0 Å². The third-order valence-electron chi connectivity index (χ3n) is 6.29. The SMILES string of the molecule is CCOc1cc2c3c(c4ccc(O)cc4c2cc1OCC)C[C@@H]1CCCN1C3. The van der Waals surface area contributed by atoms with Crippen molar-refractivity contribution >= 4 is 21.5 Å². The van der Waals surface area contributed by atoms with E-state index in [0.29, 0.717) is 25.0 Å². The lowest BCUT2D eigenvalue weighted by Crippen LogP contribution is -2.35. The average Bonchev–Trinajstić information content (AvgIpc) is 3.15. The highest BCUT2D eigenvalue weighted by molar-refractivity contribution is 6.12. The molecule has 0 bridgehead atoms. The fourth-order valence-corrected chi connectivity index (χ4v) is 5.10. The first kappa shape index (κ1) is 17.6. The molecule has 2 heterocycles. The smallest absolute Gasteiger partial charge is 0.161 e. The fraction of sp³-hybridized carbons (Fsp3) is 0.417. The van der Waals surface area contributed by atoms with Crippen molar-refractivity contribution in [1.82, 2.24) is 4.90 Å². The average molecular weight is 377 g/mol. The van der Waals surface area contributed by atoms with Gasteiger partial charge >= 0.3 is 0 Å². The molecule has 0 saturated carbocycles. The number of phenolic OH excluding ortho intramolecular Hbond substituents is 1. The molecule has 0 radical (unpaired) electrons. The molecule has 2 aliphatic heterocycles. The summed E-state index contributed by atoms with van der Waals surface area (Å²) in [5.74, 6) is 1.89. The van der Waals surface area contributed by atoms with Gasteiger partial charge in [-0.05, 0) is 96.6 Å². The van der Waals surface area contributed by atoms with Crippen LogP contribution in [0, 0.1) is 0 Å². The number of benzene rings is 3. The molecule has 28 heavy (non-hydrogen) atoms. The van der Waals surface area contributed by atoms with Crippen LogP contribution in [0.5, 0.6) is 17.2 Å². The van der Waals surface area contributed by atoms with Crippen LogP contribution in [0.4, 0.5) is 0 Å². The van der Waals surface area contributed by atoms with Crippen molar-refractivity contribution in [3.8, 4) is 17.2 Å². The Morgan fingerprint density at radius 2 is 1.64 bits per heavy atom. The number of phenols is 1. The molecule has 0 spiro atoms. The Morgan fingerprint density at radius 3 is 2.39 bits per heavy atom. The van der Waals surface area contributed by atoms with Crippen LogP contribution in [0.1, 0.15) is 37.8 Å². The maximum Gasteiger partial charge on any atom is 0.161 e. The lowest BCUT2D eigenvalue weighted by Gasteiger charge is -2.33. The van der Waals surface area contributed by atoms with Gasteiger partial charge in [-0.15, -0.1) is 0 Å². The normalized spacial score (nSPS) is 19.0. The highest BCUT2D eigenvalue weighted by Crippen LogP contribution is 2.44. The Balaban J connectivity index is 1.84. The number of ether oxygens (including phenoxy) is 2. The first-order valence-corrected chi connectivity index (χ1v) is 10.4. The van der Waals surface area contributed by atoms with Crippen molar-refractivity contribution in [3.05, 3.63) is 41.5 Å². The summed E-state index contributed by atoms with van der Waals surface area (Å²) in [7, 11) is 0. The first-order chi connectivity index (χ1) is 13.7. The maximum absolute atomic E-state index is 10.2. The summed E-state index contributed by atoms with van der Waals surface area (Å²) < 4.78 is 11.8. The maximum atomic E-state index is 10.2. The zero-order valence-corrected chi connectivity index (χ0v) is 16.6. The monoisotopic (exact) mass is 377 g/mol. The van der Waals surface area contributed by atoms with Gasteiger partial charge in [0, 0.05) is 12.6 Å². The summed E-state index contributed by atoms with van der Waals surface area (Å²) in [6.07, 6.45) is 3.66. The Morgan fingerprint density at radius 1 is 0.929 bits per heavy atom. The minimum atomic E-state index is 0.305. The molecule has 2 aliphatic rings. The topological polar surface area (TPSA) is 41.9 Å². The summed E-state index contributed by atoms with van der Waals surface area (Å²) in [5, 5.41) is 14.9. The zero-order chi connectivity index (χ0) is 19.3. The first-order valence-electron chi connectivity index (χ1n) is 10.4. The fourth-order valence-electron chi connectivity index (χ4n) is 5.10. The number of fused-ring (bicyclic) bond motifs is 7. The number of rotatable bonds is 4. The molecule has 4 heteroatoms. The molecule has 1 atom stereocenters. The van der Waals surface area contributed by atoms with Gasteiger partial charge in [-0.3, -0.25) is 4.90 Å². The molecule has 0 unspecified atom stereocenters. The third-order valence-corrected chi connectivity index (χ3v) is 6.29. The van der Waals surface area contributed by atoms with Gasteiger partial charge in [0.15, 0.2) is 11.5 Å². The molecular weight excluding hydrogens is 350 g/mol. The molecule has 5 rings (SSSR count). The number of hydrogen-bond acceptors (Lipinski definition) is 4. The van der Waals surface area contributed by atoms with Gasteiger partial charge in [-0.1, -0.05) is 6.07 Å². The van der Waals surface area contributed by atoms with Crippen LogP contribution in [0.2, 0.25) is 0 Å². The van der Waals surface area contributed by atoms with Gasteiger partial charge in [0.05, 0.1) is 13.2 Å². The van der Waals surface area contributed by atoms with Crippen LogP contribution in [0.3, 0.4) is 0 Å². The van der Waals surface area contributed by atoms with Crippen molar-refractivity contribution in [1.29, 1.82) is 0 Å². The molecule has 3 aromatic carbocycles. The lowest BCUT2D eigenvalue weighted by atomic mass is 9.85. The quantitative estimate of drug-likeness (QED) is 0.649. The van der Waals surface area contributed by atoms with Gasteiger partial charge in [-0.2, -0.15) is 0 Å². The van der Waals surface area contributed by atoms with Crippen LogP contribution >= 0.6 is 0 Å². The minimum absolute atomic E-state index is 0.305. The van der Waals surface area contributed by atoms with Crippen molar-refractivity contribution in [2.24, 2.45) is 0 Å². The van der Waals surface area contributed by atoms with Crippen molar-refractivity contribution < 1.29 is 14.6 Å². The second-order valence-corrected chi connectivity index (χ2v) is 7.87. The highest BCUT2D eigenvalue weighted by atomic mass is 16.5. The minimum Gasteiger partial charge on any atom is -0.508 e. The van der Waals surface area contributed by atoms with E-state index in [-0.39, 0.29) is 0 Å². The molecule has 4 nitrogen and oxygen atoms in total. The summed E-state index contributed by atoms with van der Waals surface area (Å²) in [4.78, 5) is 2.63. The summed E-state index contributed by atoms with van der Waals surface area (Å²) >= 11 is 0. The summed E-state index contributed by atoms with van der Waals surface area (Å²) in [5.41, 5.74) is 2.85. The van der Waals surface area contributed by atoms with Crippen LogP contribution in [0.15, 0.2) is 30.3 Å². The molecule has 0 aromatic heterocycles. The van der Waals surface area contributed by atoms with E-state index < -0.39 is 0 Å². The zero-order valence-electron chi connectivity index (χ0n) is 16.6. The standard InChI is InChI=1S/C24H27NO3/c1-3-27-23-12-20-19-11-16(26)7-8-17(19)18-10-15-6-5-9-25(15)14-22(18)21(20)13-24(23)28-4-2/h7-8,11-13,15,26H,3-6,9-10,14H2,1-2H3/t15-/m0/s1. The molecular formula is C24H27NO3. The molecule has 1 saturated heterocycles. The van der Waals surface area contributed by atoms with Crippen LogP contribution in [-0.4, -0.2) is 35.8 Å². The van der Waals surface area contributed by atoms with E-state index >= 15 is 0 Å². The Hall–Kier alpha value is -2.46. The lowest BCUT2D eigenvalue weighted by molar-refractivity contribution is 0.229.